The number of carbonyl (C=O) groups is 1. The Kier molecular flexibility index (Phi) is 5.82. The van der Waals surface area contributed by atoms with Gasteiger partial charge in [0.1, 0.15) is 4.88 Å². The molecule has 0 saturated heterocycles. The number of rotatable bonds is 6. The molecule has 0 fully saturated rings. The zero-order chi connectivity index (χ0) is 14.6. The zero-order valence-corrected chi connectivity index (χ0v) is 13.5. The minimum atomic E-state index is -3.81. The van der Waals surface area contributed by atoms with Crippen LogP contribution in [0.2, 0.25) is 0 Å². The lowest BCUT2D eigenvalue weighted by Crippen LogP contribution is -2.11. The van der Waals surface area contributed by atoms with Crippen molar-refractivity contribution in [2.75, 3.05) is 6.61 Å². The number of hydrogen-bond acceptors (Lipinski definition) is 5. The van der Waals surface area contributed by atoms with Gasteiger partial charge in [0.25, 0.3) is 9.05 Å². The maximum absolute atomic E-state index is 11.8. The molecule has 0 radical (unpaired) electrons. The van der Waals surface area contributed by atoms with Gasteiger partial charge in [-0.05, 0) is 25.3 Å². The molecule has 0 bridgehead atoms. The van der Waals surface area contributed by atoms with E-state index in [9.17, 15) is 13.2 Å². The number of thiophene rings is 1. The van der Waals surface area contributed by atoms with Crippen molar-refractivity contribution in [3.8, 4) is 0 Å². The first-order chi connectivity index (χ1) is 8.75. The van der Waals surface area contributed by atoms with E-state index in [2.05, 4.69) is 6.92 Å². The van der Waals surface area contributed by atoms with Crippen LogP contribution in [-0.4, -0.2) is 21.0 Å². The van der Waals surface area contributed by atoms with Crippen molar-refractivity contribution in [3.05, 3.63) is 15.8 Å². The third kappa shape index (κ3) is 4.78. The largest absolute Gasteiger partial charge is 0.461 e. The minimum Gasteiger partial charge on any atom is -0.461 e. The molecule has 1 rings (SSSR count). The predicted molar refractivity (Wildman–Crippen MR) is 76.4 cm³/mol. The van der Waals surface area contributed by atoms with Crippen molar-refractivity contribution < 1.29 is 17.9 Å². The summed E-state index contributed by atoms with van der Waals surface area (Å²) in [5.74, 6) is -0.200. The summed E-state index contributed by atoms with van der Waals surface area (Å²) in [5.41, 5.74) is 0. The van der Waals surface area contributed by atoms with Gasteiger partial charge in [0, 0.05) is 15.6 Å². The van der Waals surface area contributed by atoms with Crippen LogP contribution in [-0.2, 0) is 13.8 Å². The molecule has 1 heterocycles. The van der Waals surface area contributed by atoms with E-state index >= 15 is 0 Å². The average Bonchev–Trinajstić information content (AvgIpc) is 2.68. The molecule has 0 aliphatic rings. The third-order valence-corrected chi connectivity index (χ3v) is 5.22. The monoisotopic (exact) mass is 324 g/mol. The second-order valence-corrected chi connectivity index (χ2v) is 8.25. The number of esters is 1. The van der Waals surface area contributed by atoms with Crippen LogP contribution in [0.4, 0.5) is 0 Å². The molecule has 0 saturated carbocycles. The van der Waals surface area contributed by atoms with Gasteiger partial charge in [-0.25, -0.2) is 13.2 Å². The van der Waals surface area contributed by atoms with Gasteiger partial charge in [0.15, 0.2) is 0 Å². The summed E-state index contributed by atoms with van der Waals surface area (Å²) in [5, 5.41) is 0. The normalized spacial score (nSPS) is 13.3. The second kappa shape index (κ2) is 6.72. The molecule has 1 aromatic rings. The standard InChI is InChI=1S/C12H17ClO4S2/c1-4-5-8(2)7-17-12(14)10-6-11(9(3)18-10)19(13,15)16/h6,8H,4-5,7H2,1-3H3. The molecule has 1 atom stereocenters. The molecule has 0 N–H and O–H groups in total. The highest BCUT2D eigenvalue weighted by Crippen LogP contribution is 2.28. The number of ether oxygens (including phenoxy) is 1. The molecule has 0 spiro atoms. The summed E-state index contributed by atoms with van der Waals surface area (Å²) in [7, 11) is 1.47. The fourth-order valence-corrected chi connectivity index (χ4v) is 4.23. The Bertz CT molecular complexity index is 548. The SMILES string of the molecule is CCCC(C)COC(=O)c1cc(S(=O)(=O)Cl)c(C)s1. The van der Waals surface area contributed by atoms with Crippen LogP contribution in [0.3, 0.4) is 0 Å². The molecule has 0 aromatic carbocycles. The Labute approximate surface area is 122 Å². The lowest BCUT2D eigenvalue weighted by Gasteiger charge is -2.09. The van der Waals surface area contributed by atoms with Gasteiger partial charge in [-0.2, -0.15) is 0 Å². The van der Waals surface area contributed by atoms with Crippen LogP contribution in [0, 0.1) is 12.8 Å². The van der Waals surface area contributed by atoms with Crippen molar-refractivity contribution in [1.82, 2.24) is 0 Å². The van der Waals surface area contributed by atoms with E-state index in [4.69, 9.17) is 15.4 Å². The summed E-state index contributed by atoms with van der Waals surface area (Å²) in [6, 6.07) is 1.27. The van der Waals surface area contributed by atoms with Crippen LogP contribution >= 0.6 is 22.0 Å². The van der Waals surface area contributed by atoms with Gasteiger partial charge >= 0.3 is 5.97 Å². The van der Waals surface area contributed by atoms with Crippen molar-refractivity contribution in [2.45, 2.75) is 38.5 Å². The summed E-state index contributed by atoms with van der Waals surface area (Å²) in [4.78, 5) is 12.5. The van der Waals surface area contributed by atoms with E-state index < -0.39 is 15.0 Å². The molecular formula is C12H17ClO4S2. The average molecular weight is 325 g/mol. The highest BCUT2D eigenvalue weighted by Gasteiger charge is 2.21. The molecule has 0 amide bonds. The Hall–Kier alpha value is -0.590. The Morgan fingerprint density at radius 1 is 1.53 bits per heavy atom. The molecule has 0 aliphatic heterocycles. The fraction of sp³-hybridized carbons (Fsp3) is 0.583. The van der Waals surface area contributed by atoms with Crippen molar-refractivity contribution in [3.63, 3.8) is 0 Å². The third-order valence-electron chi connectivity index (χ3n) is 2.62. The zero-order valence-electron chi connectivity index (χ0n) is 11.1. The van der Waals surface area contributed by atoms with Crippen LogP contribution in [0.25, 0.3) is 0 Å². The van der Waals surface area contributed by atoms with Crippen molar-refractivity contribution in [2.24, 2.45) is 5.92 Å². The van der Waals surface area contributed by atoms with E-state index in [0.29, 0.717) is 17.4 Å². The number of halogens is 1. The highest BCUT2D eigenvalue weighted by molar-refractivity contribution is 8.13. The van der Waals surface area contributed by atoms with E-state index in [1.807, 2.05) is 6.92 Å². The summed E-state index contributed by atoms with van der Waals surface area (Å²) >= 11 is 1.08. The Morgan fingerprint density at radius 2 is 2.16 bits per heavy atom. The molecular weight excluding hydrogens is 308 g/mol. The minimum absolute atomic E-state index is 0.0206. The van der Waals surface area contributed by atoms with Crippen LogP contribution < -0.4 is 0 Å². The smallest absolute Gasteiger partial charge is 0.348 e. The van der Waals surface area contributed by atoms with Crippen LogP contribution in [0.5, 0.6) is 0 Å². The quantitative estimate of drug-likeness (QED) is 0.592. The topological polar surface area (TPSA) is 60.4 Å². The predicted octanol–water partition coefficient (Wildman–Crippen LogP) is 3.58. The number of carbonyl (C=O) groups excluding carboxylic acids is 1. The maximum Gasteiger partial charge on any atom is 0.348 e. The summed E-state index contributed by atoms with van der Waals surface area (Å²) < 4.78 is 27.7. The molecule has 1 aromatic heterocycles. The Balaban J connectivity index is 2.74. The molecule has 0 aliphatic carbocycles. The van der Waals surface area contributed by atoms with Crippen LogP contribution in [0.1, 0.15) is 41.2 Å². The van der Waals surface area contributed by atoms with E-state index in [-0.39, 0.29) is 9.77 Å². The van der Waals surface area contributed by atoms with Gasteiger partial charge in [0.05, 0.1) is 11.5 Å². The van der Waals surface area contributed by atoms with E-state index in [1.165, 1.54) is 6.07 Å². The van der Waals surface area contributed by atoms with Gasteiger partial charge in [0.2, 0.25) is 0 Å². The summed E-state index contributed by atoms with van der Waals surface area (Å²) in [6.07, 6.45) is 2.02. The van der Waals surface area contributed by atoms with Crippen molar-refractivity contribution >= 4 is 37.0 Å². The van der Waals surface area contributed by atoms with Gasteiger partial charge in [-0.3, -0.25) is 0 Å². The molecule has 19 heavy (non-hydrogen) atoms. The molecule has 7 heteroatoms. The molecule has 1 unspecified atom stereocenters. The van der Waals surface area contributed by atoms with Gasteiger partial charge in [-0.1, -0.05) is 20.3 Å². The first-order valence-electron chi connectivity index (χ1n) is 5.98. The molecule has 108 valence electrons. The first kappa shape index (κ1) is 16.5. The van der Waals surface area contributed by atoms with Crippen molar-refractivity contribution in [1.29, 1.82) is 0 Å². The molecule has 4 nitrogen and oxygen atoms in total. The lowest BCUT2D eigenvalue weighted by molar-refractivity contribution is 0.0449. The number of aryl methyl sites for hydroxylation is 1. The summed E-state index contributed by atoms with van der Waals surface area (Å²) in [6.45, 7) is 6.02. The maximum atomic E-state index is 11.8. The van der Waals surface area contributed by atoms with Crippen LogP contribution in [0.15, 0.2) is 11.0 Å². The van der Waals surface area contributed by atoms with E-state index in [0.717, 1.165) is 24.2 Å². The second-order valence-electron chi connectivity index (χ2n) is 4.46. The lowest BCUT2D eigenvalue weighted by atomic mass is 10.1. The Morgan fingerprint density at radius 3 is 2.63 bits per heavy atom. The van der Waals surface area contributed by atoms with Gasteiger partial charge in [-0.15, -0.1) is 11.3 Å². The van der Waals surface area contributed by atoms with Gasteiger partial charge < -0.3 is 4.74 Å². The first-order valence-corrected chi connectivity index (χ1v) is 9.10. The number of hydrogen-bond donors (Lipinski definition) is 0. The van der Waals surface area contributed by atoms with E-state index in [1.54, 1.807) is 6.92 Å². The fourth-order valence-electron chi connectivity index (χ4n) is 1.67. The highest BCUT2D eigenvalue weighted by atomic mass is 35.7.